The number of aryl methyl sites for hydroxylation is 1. The highest BCUT2D eigenvalue weighted by molar-refractivity contribution is 7.09. The van der Waals surface area contributed by atoms with Crippen LogP contribution in [-0.4, -0.2) is 7.25 Å². The molecule has 1 heterocycles. The average molecular weight is 199 g/mol. The highest BCUT2D eigenvalue weighted by Gasteiger charge is 2.20. The zero-order valence-corrected chi connectivity index (χ0v) is 7.25. The Hall–Kier alpha value is -0.515. The molecule has 0 spiro atoms. The van der Waals surface area contributed by atoms with Gasteiger partial charge in [0.1, 0.15) is 0 Å². The van der Waals surface area contributed by atoms with Gasteiger partial charge >= 0.3 is 7.25 Å². The Labute approximate surface area is 72.3 Å². The quantitative estimate of drug-likeness (QED) is 0.478. The van der Waals surface area contributed by atoms with Crippen molar-refractivity contribution in [2.75, 3.05) is 0 Å². The van der Waals surface area contributed by atoms with Gasteiger partial charge in [0.2, 0.25) is 0 Å². The summed E-state index contributed by atoms with van der Waals surface area (Å²) in [6.45, 7) is 2.17. The van der Waals surface area contributed by atoms with E-state index in [2.05, 4.69) is 24.4 Å². The average Bonchev–Trinajstić information content (AvgIpc) is 2.33. The third kappa shape index (κ3) is 9.48. The fourth-order valence-electron chi connectivity index (χ4n) is 0.514. The van der Waals surface area contributed by atoms with Crippen LogP contribution in [0, 0.1) is 0 Å². The summed E-state index contributed by atoms with van der Waals surface area (Å²) in [6, 6.07) is 4.24. The van der Waals surface area contributed by atoms with Crippen molar-refractivity contribution in [1.82, 2.24) is 0 Å². The minimum absolute atomic E-state index is 1.18. The fourth-order valence-corrected chi connectivity index (χ4v) is 1.17. The van der Waals surface area contributed by atoms with Crippen LogP contribution in [0.25, 0.3) is 0 Å². The predicted molar refractivity (Wildman–Crippen MR) is 43.9 cm³/mol. The van der Waals surface area contributed by atoms with E-state index in [1.165, 1.54) is 11.3 Å². The van der Waals surface area contributed by atoms with Crippen molar-refractivity contribution in [3.05, 3.63) is 22.4 Å². The molecule has 0 aliphatic rings. The molecule has 0 nitrogen and oxygen atoms in total. The second kappa shape index (κ2) is 5.19. The second-order valence-corrected chi connectivity index (χ2v) is 2.96. The number of thiophene rings is 1. The van der Waals surface area contributed by atoms with Gasteiger partial charge in [0.15, 0.2) is 0 Å². The van der Waals surface area contributed by atoms with Gasteiger partial charge in [-0.1, -0.05) is 13.0 Å². The van der Waals surface area contributed by atoms with E-state index in [9.17, 15) is 17.3 Å². The summed E-state index contributed by atoms with van der Waals surface area (Å²) in [7, 11) is -6.00. The van der Waals surface area contributed by atoms with Crippen molar-refractivity contribution in [2.24, 2.45) is 0 Å². The van der Waals surface area contributed by atoms with Crippen molar-refractivity contribution >= 4 is 18.6 Å². The summed E-state index contributed by atoms with van der Waals surface area (Å²) >= 11 is 1.82. The molecule has 0 atom stereocenters. The van der Waals surface area contributed by atoms with Crippen molar-refractivity contribution in [3.63, 3.8) is 0 Å². The summed E-state index contributed by atoms with van der Waals surface area (Å²) in [4.78, 5) is 1.47. The van der Waals surface area contributed by atoms with E-state index in [1.54, 1.807) is 0 Å². The Morgan fingerprint density at radius 3 is 2.00 bits per heavy atom. The molecule has 0 amide bonds. The van der Waals surface area contributed by atoms with Gasteiger partial charge in [-0.25, -0.2) is 0 Å². The molecule has 1 aromatic heterocycles. The van der Waals surface area contributed by atoms with Crippen LogP contribution >= 0.6 is 11.3 Å². The van der Waals surface area contributed by atoms with Gasteiger partial charge in [0.05, 0.1) is 0 Å². The highest BCUT2D eigenvalue weighted by Crippen LogP contribution is 2.07. The molecular weight excluding hydrogens is 191 g/mol. The van der Waals surface area contributed by atoms with Gasteiger partial charge in [-0.05, 0) is 17.9 Å². The fraction of sp³-hybridized carbons (Fsp3) is 0.333. The first-order valence-electron chi connectivity index (χ1n) is 3.33. The van der Waals surface area contributed by atoms with Crippen LogP contribution < -0.4 is 0 Å². The van der Waals surface area contributed by atoms with Crippen LogP contribution in [0.5, 0.6) is 0 Å². The summed E-state index contributed by atoms with van der Waals surface area (Å²) in [5.74, 6) is 0. The normalized spacial score (nSPS) is 10.4. The highest BCUT2D eigenvalue weighted by atomic mass is 32.1. The van der Waals surface area contributed by atoms with Gasteiger partial charge in [-0.15, -0.1) is 11.3 Å². The Bertz CT molecular complexity index is 188. The Morgan fingerprint density at radius 1 is 1.33 bits per heavy atom. The minimum Gasteiger partial charge on any atom is -0.418 e. The SMILES string of the molecule is CCc1cccs1.F[B-](F)(F)F. The molecule has 0 fully saturated rings. The zero-order valence-electron chi connectivity index (χ0n) is 6.44. The lowest BCUT2D eigenvalue weighted by molar-refractivity contribution is 0.368. The van der Waals surface area contributed by atoms with Gasteiger partial charge < -0.3 is 17.3 Å². The third-order valence-electron chi connectivity index (χ3n) is 0.929. The van der Waals surface area contributed by atoms with Gasteiger partial charge in [0.25, 0.3) is 0 Å². The smallest absolute Gasteiger partial charge is 0.418 e. The zero-order chi connectivity index (χ0) is 9.61. The number of halogens is 4. The maximum Gasteiger partial charge on any atom is 0.673 e. The van der Waals surface area contributed by atoms with E-state index in [4.69, 9.17) is 0 Å². The summed E-state index contributed by atoms with van der Waals surface area (Å²) in [5, 5.41) is 2.11. The molecule has 0 aromatic carbocycles. The summed E-state index contributed by atoms with van der Waals surface area (Å²) < 4.78 is 39.0. The molecule has 0 aliphatic carbocycles. The van der Waals surface area contributed by atoms with E-state index in [0.717, 1.165) is 0 Å². The first-order chi connectivity index (χ1) is 5.43. The molecule has 0 radical (unpaired) electrons. The van der Waals surface area contributed by atoms with E-state index < -0.39 is 7.25 Å². The van der Waals surface area contributed by atoms with Gasteiger partial charge in [-0.3, -0.25) is 0 Å². The van der Waals surface area contributed by atoms with Gasteiger partial charge in [-0.2, -0.15) is 0 Å². The van der Waals surface area contributed by atoms with E-state index >= 15 is 0 Å². The molecule has 1 aromatic rings. The van der Waals surface area contributed by atoms with Gasteiger partial charge in [0, 0.05) is 4.88 Å². The first kappa shape index (κ1) is 11.5. The molecule has 0 saturated carbocycles. The summed E-state index contributed by atoms with van der Waals surface area (Å²) in [5.41, 5.74) is 0. The molecular formula is C6H8BF4S-. The van der Waals surface area contributed by atoms with Crippen LogP contribution in [0.15, 0.2) is 17.5 Å². The van der Waals surface area contributed by atoms with Crippen LogP contribution in [0.4, 0.5) is 17.3 Å². The standard InChI is InChI=1S/C6H8S.BF4/c1-2-6-4-3-5-7-6;2-1(3,4)5/h3-5H,2H2,1H3;/q;-1. The molecule has 70 valence electrons. The lowest BCUT2D eigenvalue weighted by Crippen LogP contribution is -2.02. The lowest BCUT2D eigenvalue weighted by Gasteiger charge is -1.94. The monoisotopic (exact) mass is 199 g/mol. The maximum absolute atomic E-state index is 9.75. The molecule has 0 unspecified atom stereocenters. The number of hydrogen-bond acceptors (Lipinski definition) is 1. The topological polar surface area (TPSA) is 0 Å². The largest absolute Gasteiger partial charge is 0.673 e. The Kier molecular flexibility index (Phi) is 4.96. The van der Waals surface area contributed by atoms with Crippen molar-refractivity contribution in [3.8, 4) is 0 Å². The van der Waals surface area contributed by atoms with Crippen LogP contribution in [-0.2, 0) is 6.42 Å². The molecule has 1 rings (SSSR count). The van der Waals surface area contributed by atoms with Crippen LogP contribution in [0.2, 0.25) is 0 Å². The first-order valence-corrected chi connectivity index (χ1v) is 4.21. The van der Waals surface area contributed by atoms with Crippen LogP contribution in [0.3, 0.4) is 0 Å². The van der Waals surface area contributed by atoms with E-state index in [0.29, 0.717) is 0 Å². The minimum atomic E-state index is -6.00. The second-order valence-electron chi connectivity index (χ2n) is 1.93. The lowest BCUT2D eigenvalue weighted by atomic mass is 10.3. The molecule has 0 bridgehead atoms. The molecule has 0 saturated heterocycles. The van der Waals surface area contributed by atoms with E-state index in [1.807, 2.05) is 11.3 Å². The van der Waals surface area contributed by atoms with Crippen molar-refractivity contribution in [1.29, 1.82) is 0 Å². The van der Waals surface area contributed by atoms with Crippen LogP contribution in [0.1, 0.15) is 11.8 Å². The molecule has 12 heavy (non-hydrogen) atoms. The van der Waals surface area contributed by atoms with E-state index in [-0.39, 0.29) is 0 Å². The molecule has 0 N–H and O–H groups in total. The number of rotatable bonds is 1. The van der Waals surface area contributed by atoms with Crippen molar-refractivity contribution < 1.29 is 17.3 Å². The third-order valence-corrected chi connectivity index (χ3v) is 1.95. The maximum atomic E-state index is 9.75. The Morgan fingerprint density at radius 2 is 1.83 bits per heavy atom. The number of hydrogen-bond donors (Lipinski definition) is 0. The molecule has 0 aliphatic heterocycles. The molecule has 6 heteroatoms. The summed E-state index contributed by atoms with van der Waals surface area (Å²) in [6.07, 6.45) is 1.18. The van der Waals surface area contributed by atoms with Crippen molar-refractivity contribution in [2.45, 2.75) is 13.3 Å². The Balaban J connectivity index is 0.000000217. The predicted octanol–water partition coefficient (Wildman–Crippen LogP) is 3.61.